The molecule has 3 N–H and O–H groups in total. The largest absolute Gasteiger partial charge is 0.344 e. The topological polar surface area (TPSA) is 129 Å². The monoisotopic (exact) mass is 609 g/mol. The average molecular weight is 610 g/mol. The number of piperazine rings is 1. The lowest BCUT2D eigenvalue weighted by atomic mass is 9.83. The van der Waals surface area contributed by atoms with Crippen molar-refractivity contribution in [1.82, 2.24) is 30.2 Å². The summed E-state index contributed by atoms with van der Waals surface area (Å²) in [5.41, 5.74) is 0.943. The highest BCUT2D eigenvalue weighted by Crippen LogP contribution is 2.35. The number of hydrogen-bond acceptors (Lipinski definition) is 6. The molecule has 1 aromatic heterocycles. The zero-order valence-electron chi connectivity index (χ0n) is 25.7. The number of rotatable bonds is 11. The van der Waals surface area contributed by atoms with Crippen molar-refractivity contribution >= 4 is 29.3 Å². The lowest BCUT2D eigenvalue weighted by Gasteiger charge is -2.34. The fourth-order valence-corrected chi connectivity index (χ4v) is 6.16. The van der Waals surface area contributed by atoms with Crippen LogP contribution in [0.3, 0.4) is 0 Å². The Bertz CT molecular complexity index is 1350. The van der Waals surface area contributed by atoms with Crippen molar-refractivity contribution < 1.29 is 23.6 Å². The van der Waals surface area contributed by atoms with Gasteiger partial charge in [0, 0.05) is 45.2 Å². The van der Waals surface area contributed by atoms with E-state index in [1.807, 2.05) is 7.05 Å². The van der Waals surface area contributed by atoms with Crippen molar-refractivity contribution in [3.05, 3.63) is 47.5 Å². The molecular weight excluding hydrogens is 565 g/mol. The fraction of sp³-hybridized carbons (Fsp3) is 0.594. The molecule has 2 aliphatic carbocycles. The molecule has 3 aliphatic rings. The molecule has 2 atom stereocenters. The molecule has 2 heterocycles. The Balaban J connectivity index is 1.28. The fourth-order valence-electron chi connectivity index (χ4n) is 6.16. The Morgan fingerprint density at radius 1 is 0.977 bits per heavy atom. The van der Waals surface area contributed by atoms with Crippen molar-refractivity contribution in [2.24, 2.45) is 5.92 Å². The minimum Gasteiger partial charge on any atom is -0.344 e. The number of carbonyl (C=O) groups is 4. The zero-order chi connectivity index (χ0) is 31.2. The van der Waals surface area contributed by atoms with Crippen LogP contribution in [0.15, 0.2) is 30.5 Å². The van der Waals surface area contributed by atoms with E-state index < -0.39 is 23.8 Å². The van der Waals surface area contributed by atoms with Crippen molar-refractivity contribution in [1.29, 1.82) is 0 Å². The molecule has 0 spiro atoms. The van der Waals surface area contributed by atoms with E-state index in [4.69, 9.17) is 0 Å². The van der Waals surface area contributed by atoms with Crippen molar-refractivity contribution in [2.45, 2.75) is 82.8 Å². The maximum Gasteiger partial charge on any atom is 0.270 e. The predicted octanol–water partition coefficient (Wildman–Crippen LogP) is 2.89. The Kier molecular flexibility index (Phi) is 10.3. The highest BCUT2D eigenvalue weighted by atomic mass is 19.1. The predicted molar refractivity (Wildman–Crippen MR) is 163 cm³/mol. The highest BCUT2D eigenvalue weighted by Gasteiger charge is 2.34. The Labute approximate surface area is 257 Å². The lowest BCUT2D eigenvalue weighted by Crippen LogP contribution is -2.54. The first-order valence-electron chi connectivity index (χ1n) is 15.9. The van der Waals surface area contributed by atoms with Crippen LogP contribution in [-0.4, -0.2) is 88.5 Å². The van der Waals surface area contributed by atoms with Crippen LogP contribution in [-0.2, 0) is 20.8 Å². The van der Waals surface area contributed by atoms with E-state index in [0.717, 1.165) is 58.0 Å². The van der Waals surface area contributed by atoms with Crippen molar-refractivity contribution in [3.63, 3.8) is 0 Å². The number of carbonyl (C=O) groups excluding carboxylic acids is 4. The third kappa shape index (κ3) is 7.82. The highest BCUT2D eigenvalue weighted by molar-refractivity contribution is 6.00. The van der Waals surface area contributed by atoms with E-state index in [9.17, 15) is 19.2 Å². The number of amides is 4. The molecule has 1 aromatic carbocycles. The number of nitrogens with one attached hydrogen (secondary N) is 3. The van der Waals surface area contributed by atoms with Gasteiger partial charge in [-0.2, -0.15) is 5.10 Å². The smallest absolute Gasteiger partial charge is 0.270 e. The van der Waals surface area contributed by atoms with Gasteiger partial charge in [0.1, 0.15) is 23.6 Å². The second-order valence-electron chi connectivity index (χ2n) is 12.4. The first-order valence-corrected chi connectivity index (χ1v) is 15.9. The van der Waals surface area contributed by atoms with Crippen molar-refractivity contribution in [2.75, 3.05) is 38.5 Å². The molecule has 3 fully saturated rings. The van der Waals surface area contributed by atoms with Gasteiger partial charge in [-0.3, -0.25) is 23.9 Å². The molecule has 44 heavy (non-hydrogen) atoms. The Morgan fingerprint density at radius 2 is 1.70 bits per heavy atom. The quantitative estimate of drug-likeness (QED) is 0.360. The normalized spacial score (nSPS) is 19.2. The number of aromatic nitrogens is 2. The van der Waals surface area contributed by atoms with Gasteiger partial charge in [-0.05, 0) is 62.4 Å². The molecule has 0 unspecified atom stereocenters. The summed E-state index contributed by atoms with van der Waals surface area (Å²) >= 11 is 0. The summed E-state index contributed by atoms with van der Waals surface area (Å²) in [4.78, 5) is 56.3. The summed E-state index contributed by atoms with van der Waals surface area (Å²) in [7, 11) is 2.00. The number of hydrogen-bond donors (Lipinski definition) is 3. The molecule has 11 nitrogen and oxygen atoms in total. The molecular formula is C32H44FN7O4. The summed E-state index contributed by atoms with van der Waals surface area (Å²) in [6, 6.07) is 4.66. The molecule has 238 valence electrons. The maximum atomic E-state index is 15.4. The molecule has 0 radical (unpaired) electrons. The third-order valence-corrected chi connectivity index (χ3v) is 8.99. The van der Waals surface area contributed by atoms with Gasteiger partial charge in [-0.15, -0.1) is 0 Å². The van der Waals surface area contributed by atoms with Gasteiger partial charge < -0.3 is 25.8 Å². The van der Waals surface area contributed by atoms with Crippen LogP contribution >= 0.6 is 0 Å². The van der Waals surface area contributed by atoms with Gasteiger partial charge in [0.15, 0.2) is 0 Å². The van der Waals surface area contributed by atoms with Gasteiger partial charge >= 0.3 is 0 Å². The maximum absolute atomic E-state index is 15.4. The van der Waals surface area contributed by atoms with Crippen LogP contribution in [0.2, 0.25) is 0 Å². The first kappa shape index (κ1) is 31.6. The molecule has 0 bridgehead atoms. The zero-order valence-corrected chi connectivity index (χ0v) is 25.7. The molecule has 1 aliphatic heterocycles. The van der Waals surface area contributed by atoms with Crippen LogP contribution in [0, 0.1) is 11.7 Å². The van der Waals surface area contributed by atoms with Gasteiger partial charge in [0.25, 0.3) is 5.91 Å². The van der Waals surface area contributed by atoms with Crippen LogP contribution < -0.4 is 16.0 Å². The summed E-state index contributed by atoms with van der Waals surface area (Å²) in [6.45, 7) is 4.34. The number of anilines is 1. The summed E-state index contributed by atoms with van der Waals surface area (Å²) < 4.78 is 17.1. The van der Waals surface area contributed by atoms with Crippen LogP contribution in [0.5, 0.6) is 0 Å². The molecule has 1 saturated heterocycles. The number of halogens is 1. The van der Waals surface area contributed by atoms with Crippen LogP contribution in [0.1, 0.15) is 80.4 Å². The minimum absolute atomic E-state index is 0.00336. The molecule has 12 heteroatoms. The Hall–Kier alpha value is -3.80. The van der Waals surface area contributed by atoms with E-state index in [2.05, 4.69) is 25.9 Å². The molecule has 2 saturated carbocycles. The first-order chi connectivity index (χ1) is 21.2. The third-order valence-electron chi connectivity index (χ3n) is 8.99. The van der Waals surface area contributed by atoms with Crippen LogP contribution in [0.25, 0.3) is 0 Å². The van der Waals surface area contributed by atoms with E-state index in [-0.39, 0.29) is 48.2 Å². The summed E-state index contributed by atoms with van der Waals surface area (Å²) in [5, 5.41) is 12.7. The number of likely N-dealkylation sites (N-methyl/N-ethyl adjacent to an activating group) is 1. The van der Waals surface area contributed by atoms with Gasteiger partial charge in [0.05, 0.1) is 11.7 Å². The second kappa shape index (κ2) is 14.3. The van der Waals surface area contributed by atoms with E-state index in [1.165, 1.54) is 12.1 Å². The van der Waals surface area contributed by atoms with E-state index in [0.29, 0.717) is 24.3 Å². The minimum atomic E-state index is -0.820. The van der Waals surface area contributed by atoms with Gasteiger partial charge in [-0.25, -0.2) is 4.39 Å². The van der Waals surface area contributed by atoms with Crippen LogP contribution in [0.4, 0.5) is 10.1 Å². The average Bonchev–Trinajstić information content (AvgIpc) is 3.76. The lowest BCUT2D eigenvalue weighted by molar-refractivity contribution is -0.137. The number of benzene rings is 1. The SMILES string of the molecule is CCC(=O)N[C@H](Cc1ccc(NC(=O)[C@@H](NC(=O)c2ccnn2C2CC2)C2CCCCC2)c(F)c1)C(=O)N1CCN(C)CC1. The van der Waals surface area contributed by atoms with Crippen molar-refractivity contribution in [3.8, 4) is 0 Å². The second-order valence-corrected chi connectivity index (χ2v) is 12.4. The van der Waals surface area contributed by atoms with E-state index >= 15 is 4.39 Å². The van der Waals surface area contributed by atoms with E-state index in [1.54, 1.807) is 34.8 Å². The summed E-state index contributed by atoms with van der Waals surface area (Å²) in [5.74, 6) is -1.97. The molecule has 4 amide bonds. The standard InChI is InChI=1S/C32H44FN7O4/c1-3-28(41)35-26(32(44)39-17-15-38(2)16-18-39)20-21-9-12-25(24(33)19-21)36-31(43)29(22-7-5-4-6-8-22)37-30(42)27-13-14-34-40(27)23-10-11-23/h9,12-14,19,22-23,26,29H,3-8,10-11,15-18,20H2,1-2H3,(H,35,41)(H,36,43)(H,37,42)/t26-,29+/m1/s1. The Morgan fingerprint density at radius 3 is 2.36 bits per heavy atom. The molecule has 2 aromatic rings. The van der Waals surface area contributed by atoms with Gasteiger partial charge in [-0.1, -0.05) is 32.3 Å². The summed E-state index contributed by atoms with van der Waals surface area (Å²) in [6.07, 6.45) is 8.51. The van der Waals surface area contributed by atoms with Gasteiger partial charge in [0.2, 0.25) is 17.7 Å². The molecule has 5 rings (SSSR count). The number of nitrogens with zero attached hydrogens (tertiary/aromatic N) is 4.